The summed E-state index contributed by atoms with van der Waals surface area (Å²) in [4.78, 5) is 36.9. The van der Waals surface area contributed by atoms with Crippen molar-refractivity contribution in [3.05, 3.63) is 48.3 Å². The van der Waals surface area contributed by atoms with Crippen LogP contribution in [0.1, 0.15) is 38.2 Å². The van der Waals surface area contributed by atoms with Gasteiger partial charge in [0.25, 0.3) is 0 Å². The number of rotatable bonds is 9. The second-order valence-corrected chi connectivity index (χ2v) is 7.70. The minimum atomic E-state index is -0.294. The monoisotopic (exact) mass is 424 g/mol. The molecule has 166 valence electrons. The lowest BCUT2D eigenvalue weighted by molar-refractivity contribution is -0.131. The lowest BCUT2D eigenvalue weighted by atomic mass is 10.1. The van der Waals surface area contributed by atoms with Crippen molar-refractivity contribution in [3.63, 3.8) is 0 Å². The summed E-state index contributed by atoms with van der Waals surface area (Å²) in [7, 11) is 0. The van der Waals surface area contributed by atoms with Crippen LogP contribution in [0, 0.1) is 0 Å². The van der Waals surface area contributed by atoms with Gasteiger partial charge in [0.15, 0.2) is 0 Å². The molecule has 0 unspecified atom stereocenters. The number of aryl methyl sites for hydroxylation is 1. The van der Waals surface area contributed by atoms with Crippen molar-refractivity contribution in [2.45, 2.75) is 39.0 Å². The summed E-state index contributed by atoms with van der Waals surface area (Å²) in [5, 5.41) is 5.58. The lowest BCUT2D eigenvalue weighted by Crippen LogP contribution is -2.49. The van der Waals surface area contributed by atoms with Gasteiger partial charge in [-0.15, -0.1) is 0 Å². The summed E-state index contributed by atoms with van der Waals surface area (Å²) in [5.74, 6) is 0.743. The van der Waals surface area contributed by atoms with E-state index in [0.717, 1.165) is 12.1 Å². The first-order valence-electron chi connectivity index (χ1n) is 11.1. The van der Waals surface area contributed by atoms with Crippen molar-refractivity contribution < 1.29 is 9.59 Å². The number of anilines is 2. The topological polar surface area (TPSA) is 90.5 Å². The summed E-state index contributed by atoms with van der Waals surface area (Å²) in [6.07, 6.45) is 8.42. The Morgan fingerprint density at radius 1 is 1.00 bits per heavy atom. The molecule has 1 aromatic heterocycles. The number of carbonyl (C=O) groups excluding carboxylic acids is 2. The normalized spacial score (nSPS) is 13.7. The van der Waals surface area contributed by atoms with Crippen LogP contribution in [-0.4, -0.2) is 59.5 Å². The molecular formula is C23H32N6O2. The first-order valence-corrected chi connectivity index (χ1v) is 11.1. The summed E-state index contributed by atoms with van der Waals surface area (Å²) >= 11 is 0. The standard InChI is InChI=1S/C23H32N6O2/c1-2-3-4-6-19-7-9-20(10-8-19)27-23(31)26-14-11-21(30)28-15-17-29(18-16-28)22-24-12-5-13-25-22/h5,7-10,12-13H,2-4,6,11,14-18H2,1H3,(H2,26,27,31). The van der Waals surface area contributed by atoms with Gasteiger partial charge in [-0.25, -0.2) is 14.8 Å². The molecule has 2 aromatic rings. The highest BCUT2D eigenvalue weighted by molar-refractivity contribution is 5.89. The quantitative estimate of drug-likeness (QED) is 0.604. The zero-order chi connectivity index (χ0) is 21.9. The number of urea groups is 1. The number of hydrogen-bond donors (Lipinski definition) is 2. The van der Waals surface area contributed by atoms with Gasteiger partial charge in [-0.05, 0) is 36.6 Å². The van der Waals surface area contributed by atoms with Gasteiger partial charge in [0.05, 0.1) is 0 Å². The van der Waals surface area contributed by atoms with E-state index in [9.17, 15) is 9.59 Å². The lowest BCUT2D eigenvalue weighted by Gasteiger charge is -2.34. The molecule has 2 heterocycles. The van der Waals surface area contributed by atoms with Gasteiger partial charge in [-0.2, -0.15) is 0 Å². The molecule has 1 aliphatic heterocycles. The van der Waals surface area contributed by atoms with Crippen LogP contribution in [0.3, 0.4) is 0 Å². The zero-order valence-corrected chi connectivity index (χ0v) is 18.2. The number of piperazine rings is 1. The van der Waals surface area contributed by atoms with Crippen molar-refractivity contribution in [3.8, 4) is 0 Å². The molecule has 0 spiro atoms. The molecule has 2 N–H and O–H groups in total. The summed E-state index contributed by atoms with van der Waals surface area (Å²) in [6, 6.07) is 9.43. The highest BCUT2D eigenvalue weighted by Crippen LogP contribution is 2.13. The van der Waals surface area contributed by atoms with E-state index in [-0.39, 0.29) is 18.4 Å². The summed E-state index contributed by atoms with van der Waals surface area (Å²) in [6.45, 7) is 5.18. The Bertz CT molecular complexity index is 820. The number of nitrogens with one attached hydrogen (secondary N) is 2. The van der Waals surface area contributed by atoms with Gasteiger partial charge in [0.1, 0.15) is 0 Å². The first-order chi connectivity index (χ1) is 15.2. The second-order valence-electron chi connectivity index (χ2n) is 7.70. The summed E-state index contributed by atoms with van der Waals surface area (Å²) < 4.78 is 0. The summed E-state index contributed by atoms with van der Waals surface area (Å²) in [5.41, 5.74) is 2.03. The van der Waals surface area contributed by atoms with Crippen molar-refractivity contribution in [2.75, 3.05) is 42.9 Å². The van der Waals surface area contributed by atoms with Crippen LogP contribution in [0.2, 0.25) is 0 Å². The predicted octanol–water partition coefficient (Wildman–Crippen LogP) is 3.07. The number of unbranched alkanes of at least 4 members (excludes halogenated alkanes) is 2. The van der Waals surface area contributed by atoms with Crippen molar-refractivity contribution in [2.24, 2.45) is 0 Å². The molecule has 0 atom stereocenters. The Hall–Kier alpha value is -3.16. The van der Waals surface area contributed by atoms with E-state index in [1.807, 2.05) is 17.0 Å². The molecule has 3 amide bonds. The molecule has 1 fully saturated rings. The molecule has 1 aliphatic rings. The molecule has 0 saturated carbocycles. The zero-order valence-electron chi connectivity index (χ0n) is 18.2. The van der Waals surface area contributed by atoms with E-state index in [4.69, 9.17) is 0 Å². The largest absolute Gasteiger partial charge is 0.339 e. The minimum Gasteiger partial charge on any atom is -0.339 e. The Labute approximate surface area is 184 Å². The molecule has 0 radical (unpaired) electrons. The molecule has 1 aromatic carbocycles. The number of nitrogens with zero attached hydrogens (tertiary/aromatic N) is 4. The smallest absolute Gasteiger partial charge is 0.319 e. The molecule has 0 aliphatic carbocycles. The van der Waals surface area contributed by atoms with Crippen LogP contribution in [0.15, 0.2) is 42.7 Å². The molecule has 8 heteroatoms. The first kappa shape index (κ1) is 22.5. The Morgan fingerprint density at radius 3 is 2.39 bits per heavy atom. The average molecular weight is 425 g/mol. The SMILES string of the molecule is CCCCCc1ccc(NC(=O)NCCC(=O)N2CCN(c3ncccn3)CC2)cc1. The van der Waals surface area contributed by atoms with Crippen molar-refractivity contribution in [1.82, 2.24) is 20.2 Å². The number of carbonyl (C=O) groups is 2. The van der Waals surface area contributed by atoms with Gasteiger partial charge in [0, 0.05) is 57.2 Å². The highest BCUT2D eigenvalue weighted by Gasteiger charge is 2.22. The van der Waals surface area contributed by atoms with Crippen LogP contribution < -0.4 is 15.5 Å². The molecule has 1 saturated heterocycles. The van der Waals surface area contributed by atoms with Gasteiger partial charge in [-0.1, -0.05) is 31.9 Å². The van der Waals surface area contributed by atoms with Crippen LogP contribution in [0.5, 0.6) is 0 Å². The minimum absolute atomic E-state index is 0.0466. The third kappa shape index (κ3) is 7.24. The third-order valence-electron chi connectivity index (χ3n) is 5.37. The highest BCUT2D eigenvalue weighted by atomic mass is 16.2. The van der Waals surface area contributed by atoms with E-state index < -0.39 is 0 Å². The van der Waals surface area contributed by atoms with Crippen LogP contribution in [0.25, 0.3) is 0 Å². The molecule has 31 heavy (non-hydrogen) atoms. The number of hydrogen-bond acceptors (Lipinski definition) is 5. The molecule has 0 bridgehead atoms. The predicted molar refractivity (Wildman–Crippen MR) is 122 cm³/mol. The van der Waals surface area contributed by atoms with Gasteiger partial charge < -0.3 is 20.4 Å². The fourth-order valence-electron chi connectivity index (χ4n) is 3.56. The van der Waals surface area contributed by atoms with Gasteiger partial charge in [-0.3, -0.25) is 4.79 Å². The molecule has 3 rings (SSSR count). The van der Waals surface area contributed by atoms with Crippen LogP contribution in [0.4, 0.5) is 16.4 Å². The fraction of sp³-hybridized carbons (Fsp3) is 0.478. The fourth-order valence-corrected chi connectivity index (χ4v) is 3.56. The maximum Gasteiger partial charge on any atom is 0.319 e. The van der Waals surface area contributed by atoms with Crippen LogP contribution in [-0.2, 0) is 11.2 Å². The Balaban J connectivity index is 1.32. The molecular weight excluding hydrogens is 392 g/mol. The molecule has 8 nitrogen and oxygen atoms in total. The maximum absolute atomic E-state index is 12.4. The third-order valence-corrected chi connectivity index (χ3v) is 5.37. The van der Waals surface area contributed by atoms with Crippen LogP contribution >= 0.6 is 0 Å². The van der Waals surface area contributed by atoms with Gasteiger partial charge in [0.2, 0.25) is 11.9 Å². The van der Waals surface area contributed by atoms with Gasteiger partial charge >= 0.3 is 6.03 Å². The number of amides is 3. The number of benzene rings is 1. The Morgan fingerprint density at radius 2 is 1.71 bits per heavy atom. The van der Waals surface area contributed by atoms with E-state index in [1.165, 1.54) is 24.8 Å². The second kappa shape index (κ2) is 11.9. The average Bonchev–Trinajstić information content (AvgIpc) is 2.81. The van der Waals surface area contributed by atoms with E-state index in [2.05, 4.69) is 44.6 Å². The van der Waals surface area contributed by atoms with Crippen molar-refractivity contribution in [1.29, 1.82) is 0 Å². The maximum atomic E-state index is 12.4. The number of aromatic nitrogens is 2. The van der Waals surface area contributed by atoms with E-state index >= 15 is 0 Å². The Kier molecular flexibility index (Phi) is 8.63. The van der Waals surface area contributed by atoms with Crippen molar-refractivity contribution >= 4 is 23.6 Å². The van der Waals surface area contributed by atoms with E-state index in [0.29, 0.717) is 38.7 Å². The van der Waals surface area contributed by atoms with E-state index in [1.54, 1.807) is 18.5 Å².